The van der Waals surface area contributed by atoms with Gasteiger partial charge in [0.15, 0.2) is 11.6 Å². The normalized spacial score (nSPS) is 27.2. The molecular weight excluding hydrogens is 377 g/mol. The number of ether oxygens (including phenoxy) is 1. The number of nitrogens with zero attached hydrogens (tertiary/aromatic N) is 2. The fourth-order valence-electron chi connectivity index (χ4n) is 4.23. The SMILES string of the molecule is C[C@@]1(C2CC2)NC(=O)N(CC(=O)N2CCC[C@H](COc3ccccc3F)C2)C1=O. The van der Waals surface area contributed by atoms with E-state index >= 15 is 0 Å². The third-order valence-electron chi connectivity index (χ3n) is 6.17. The molecule has 2 heterocycles. The second-order valence-electron chi connectivity index (χ2n) is 8.39. The highest BCUT2D eigenvalue weighted by molar-refractivity contribution is 6.09. The number of carbonyl (C=O) groups excluding carboxylic acids is 3. The van der Waals surface area contributed by atoms with Gasteiger partial charge in [0.05, 0.1) is 6.61 Å². The van der Waals surface area contributed by atoms with E-state index in [1.54, 1.807) is 30.0 Å². The number of para-hydroxylation sites is 1. The van der Waals surface area contributed by atoms with Gasteiger partial charge in [-0.2, -0.15) is 0 Å². The molecule has 8 heteroatoms. The molecule has 2 aliphatic heterocycles. The molecular formula is C21H26FN3O4. The lowest BCUT2D eigenvalue weighted by Gasteiger charge is -2.33. The van der Waals surface area contributed by atoms with Crippen molar-refractivity contribution in [3.8, 4) is 5.75 Å². The number of nitrogens with one attached hydrogen (secondary N) is 1. The number of amides is 4. The minimum absolute atomic E-state index is 0.0761. The van der Waals surface area contributed by atoms with E-state index in [-0.39, 0.29) is 35.9 Å². The number of urea groups is 1. The fraction of sp³-hybridized carbons (Fsp3) is 0.571. The predicted molar refractivity (Wildman–Crippen MR) is 103 cm³/mol. The van der Waals surface area contributed by atoms with E-state index in [4.69, 9.17) is 4.74 Å². The molecule has 3 aliphatic rings. The van der Waals surface area contributed by atoms with Crippen molar-refractivity contribution in [2.45, 2.75) is 38.1 Å². The molecule has 2 saturated heterocycles. The van der Waals surface area contributed by atoms with Crippen LogP contribution in [-0.2, 0) is 9.59 Å². The third kappa shape index (κ3) is 3.93. The van der Waals surface area contributed by atoms with Crippen LogP contribution in [-0.4, -0.2) is 59.4 Å². The van der Waals surface area contributed by atoms with Gasteiger partial charge in [-0.05, 0) is 50.7 Å². The van der Waals surface area contributed by atoms with Crippen molar-refractivity contribution in [3.05, 3.63) is 30.1 Å². The molecule has 29 heavy (non-hydrogen) atoms. The maximum atomic E-state index is 13.7. The number of benzene rings is 1. The molecule has 7 nitrogen and oxygen atoms in total. The van der Waals surface area contributed by atoms with Crippen LogP contribution in [0.15, 0.2) is 24.3 Å². The number of carbonyl (C=O) groups is 3. The lowest BCUT2D eigenvalue weighted by Crippen LogP contribution is -2.49. The fourth-order valence-corrected chi connectivity index (χ4v) is 4.23. The van der Waals surface area contributed by atoms with Gasteiger partial charge in [-0.1, -0.05) is 12.1 Å². The Bertz CT molecular complexity index is 828. The number of piperidine rings is 1. The summed E-state index contributed by atoms with van der Waals surface area (Å²) in [6.07, 6.45) is 3.51. The highest BCUT2D eigenvalue weighted by atomic mass is 19.1. The predicted octanol–water partition coefficient (Wildman–Crippen LogP) is 2.16. The second kappa shape index (κ2) is 7.65. The standard InChI is InChI=1S/C21H26FN3O4/c1-21(15-8-9-15)19(27)25(20(28)23-21)12-18(26)24-10-4-5-14(11-24)13-29-17-7-3-2-6-16(17)22/h2-3,6-7,14-15H,4-5,8-13H2,1H3,(H,23,28)/t14-,21-/m0/s1. The molecule has 4 amide bonds. The van der Waals surface area contributed by atoms with E-state index in [0.29, 0.717) is 19.7 Å². The van der Waals surface area contributed by atoms with Gasteiger partial charge < -0.3 is 15.0 Å². The van der Waals surface area contributed by atoms with Gasteiger partial charge in [0, 0.05) is 19.0 Å². The smallest absolute Gasteiger partial charge is 0.325 e. The van der Waals surface area contributed by atoms with Gasteiger partial charge in [0.2, 0.25) is 5.91 Å². The highest BCUT2D eigenvalue weighted by Crippen LogP contribution is 2.42. The van der Waals surface area contributed by atoms with Crippen LogP contribution in [0.5, 0.6) is 5.75 Å². The molecule has 0 radical (unpaired) electrons. The lowest BCUT2D eigenvalue weighted by atomic mass is 9.96. The molecule has 156 valence electrons. The number of hydrogen-bond donors (Lipinski definition) is 1. The Hall–Kier alpha value is -2.64. The van der Waals surface area contributed by atoms with E-state index in [1.165, 1.54) is 6.07 Å². The Labute approximate surface area is 169 Å². The molecule has 2 atom stereocenters. The summed E-state index contributed by atoms with van der Waals surface area (Å²) in [5.41, 5.74) is -0.880. The Morgan fingerprint density at radius 2 is 2.03 bits per heavy atom. The van der Waals surface area contributed by atoms with Gasteiger partial charge in [-0.25, -0.2) is 9.18 Å². The van der Waals surface area contributed by atoms with Crippen molar-refractivity contribution >= 4 is 17.8 Å². The molecule has 3 fully saturated rings. The van der Waals surface area contributed by atoms with Crippen LogP contribution in [0.1, 0.15) is 32.6 Å². The summed E-state index contributed by atoms with van der Waals surface area (Å²) in [7, 11) is 0. The van der Waals surface area contributed by atoms with E-state index in [9.17, 15) is 18.8 Å². The van der Waals surface area contributed by atoms with Crippen LogP contribution >= 0.6 is 0 Å². The summed E-state index contributed by atoms with van der Waals surface area (Å²) in [5, 5.41) is 2.76. The quantitative estimate of drug-likeness (QED) is 0.739. The zero-order valence-electron chi connectivity index (χ0n) is 16.5. The van der Waals surface area contributed by atoms with Crippen LogP contribution < -0.4 is 10.1 Å². The van der Waals surface area contributed by atoms with E-state index < -0.39 is 17.4 Å². The van der Waals surface area contributed by atoms with Gasteiger partial charge >= 0.3 is 6.03 Å². The molecule has 1 saturated carbocycles. The molecule has 1 N–H and O–H groups in total. The van der Waals surface area contributed by atoms with Crippen LogP contribution in [0.2, 0.25) is 0 Å². The van der Waals surface area contributed by atoms with Crippen LogP contribution in [0.3, 0.4) is 0 Å². The Kier molecular flexibility index (Phi) is 5.19. The van der Waals surface area contributed by atoms with Gasteiger partial charge in [0.25, 0.3) is 5.91 Å². The Balaban J connectivity index is 1.32. The van der Waals surface area contributed by atoms with Crippen molar-refractivity contribution < 1.29 is 23.5 Å². The first-order valence-electron chi connectivity index (χ1n) is 10.2. The van der Waals surface area contributed by atoms with Crippen molar-refractivity contribution in [3.63, 3.8) is 0 Å². The van der Waals surface area contributed by atoms with Gasteiger partial charge in [-0.15, -0.1) is 0 Å². The summed E-state index contributed by atoms with van der Waals surface area (Å²) in [6, 6.07) is 5.75. The number of rotatable bonds is 6. The van der Waals surface area contributed by atoms with E-state index in [1.807, 2.05) is 0 Å². The van der Waals surface area contributed by atoms with Gasteiger partial charge in [0.1, 0.15) is 12.1 Å². The first-order chi connectivity index (χ1) is 13.9. The third-order valence-corrected chi connectivity index (χ3v) is 6.17. The van der Waals surface area contributed by atoms with Crippen molar-refractivity contribution in [1.82, 2.24) is 15.1 Å². The minimum atomic E-state index is -0.880. The van der Waals surface area contributed by atoms with Crippen LogP contribution in [0.4, 0.5) is 9.18 Å². The monoisotopic (exact) mass is 403 g/mol. The second-order valence-corrected chi connectivity index (χ2v) is 8.39. The maximum absolute atomic E-state index is 13.7. The van der Waals surface area contributed by atoms with Crippen molar-refractivity contribution in [2.75, 3.05) is 26.2 Å². The number of likely N-dealkylation sites (tertiary alicyclic amines) is 1. The molecule has 1 aromatic rings. The lowest BCUT2D eigenvalue weighted by molar-refractivity contribution is -0.140. The summed E-state index contributed by atoms with van der Waals surface area (Å²) in [4.78, 5) is 40.5. The molecule has 4 rings (SSSR count). The molecule has 0 bridgehead atoms. The number of halogens is 1. The zero-order chi connectivity index (χ0) is 20.6. The molecule has 0 spiro atoms. The Morgan fingerprint density at radius 3 is 2.76 bits per heavy atom. The summed E-state index contributed by atoms with van der Waals surface area (Å²) in [5.74, 6) is -0.525. The summed E-state index contributed by atoms with van der Waals surface area (Å²) >= 11 is 0. The van der Waals surface area contributed by atoms with Crippen LogP contribution in [0, 0.1) is 17.7 Å². The first kappa shape index (κ1) is 19.7. The number of hydrogen-bond acceptors (Lipinski definition) is 4. The molecule has 1 aliphatic carbocycles. The average molecular weight is 403 g/mol. The van der Waals surface area contributed by atoms with Crippen LogP contribution in [0.25, 0.3) is 0 Å². The minimum Gasteiger partial charge on any atom is -0.490 e. The number of imide groups is 1. The zero-order valence-corrected chi connectivity index (χ0v) is 16.5. The van der Waals surface area contributed by atoms with E-state index in [2.05, 4.69) is 5.32 Å². The summed E-state index contributed by atoms with van der Waals surface area (Å²) < 4.78 is 19.3. The Morgan fingerprint density at radius 1 is 1.28 bits per heavy atom. The topological polar surface area (TPSA) is 79.0 Å². The molecule has 0 aromatic heterocycles. The largest absolute Gasteiger partial charge is 0.490 e. The van der Waals surface area contributed by atoms with E-state index in [0.717, 1.165) is 30.6 Å². The first-order valence-corrected chi connectivity index (χ1v) is 10.2. The van der Waals surface area contributed by atoms with Gasteiger partial charge in [-0.3, -0.25) is 14.5 Å². The highest BCUT2D eigenvalue weighted by Gasteiger charge is 2.56. The summed E-state index contributed by atoms with van der Waals surface area (Å²) in [6.45, 7) is 2.86. The maximum Gasteiger partial charge on any atom is 0.325 e. The van der Waals surface area contributed by atoms with Crippen molar-refractivity contribution in [1.29, 1.82) is 0 Å². The van der Waals surface area contributed by atoms with Crippen molar-refractivity contribution in [2.24, 2.45) is 11.8 Å². The average Bonchev–Trinajstić information content (AvgIpc) is 3.53. The molecule has 0 unspecified atom stereocenters. The molecule has 1 aromatic carbocycles.